The second kappa shape index (κ2) is 6.43. The van der Waals surface area contributed by atoms with Crippen LogP contribution in [0.25, 0.3) is 0 Å². The number of sulfonamides is 1. The van der Waals surface area contributed by atoms with Crippen molar-refractivity contribution in [3.63, 3.8) is 0 Å². The number of aromatic nitrogens is 2. The van der Waals surface area contributed by atoms with Gasteiger partial charge >= 0.3 is 0 Å². The molecule has 0 bridgehead atoms. The zero-order valence-corrected chi connectivity index (χ0v) is 13.8. The van der Waals surface area contributed by atoms with E-state index in [0.717, 1.165) is 12.1 Å². The number of hydrogen-bond donors (Lipinski definition) is 2. The molecule has 1 aliphatic heterocycles. The summed E-state index contributed by atoms with van der Waals surface area (Å²) in [4.78, 5) is 0. The Bertz CT molecular complexity index is 584. The van der Waals surface area contributed by atoms with Crippen LogP contribution in [0, 0.1) is 6.92 Å². The lowest BCUT2D eigenvalue weighted by Gasteiger charge is -2.36. The third-order valence-corrected chi connectivity index (χ3v) is 5.72. The van der Waals surface area contributed by atoms with E-state index in [1.54, 1.807) is 7.05 Å². The van der Waals surface area contributed by atoms with Crippen LogP contribution in [0.2, 0.25) is 0 Å². The number of hydrogen-bond acceptors (Lipinski definition) is 5. The fourth-order valence-corrected chi connectivity index (χ4v) is 4.50. The van der Waals surface area contributed by atoms with Gasteiger partial charge in [-0.25, -0.2) is 8.42 Å². The quantitative estimate of drug-likeness (QED) is 0.832. The van der Waals surface area contributed by atoms with Gasteiger partial charge in [0.25, 0.3) is 10.0 Å². The van der Waals surface area contributed by atoms with E-state index < -0.39 is 10.0 Å². The maximum Gasteiger partial charge on any atom is 0.263 e. The van der Waals surface area contributed by atoms with E-state index in [-0.39, 0.29) is 17.2 Å². The van der Waals surface area contributed by atoms with Crippen LogP contribution in [0.5, 0.6) is 0 Å². The lowest BCUT2D eigenvalue weighted by atomic mass is 10.2. The maximum absolute atomic E-state index is 13.0. The average Bonchev–Trinajstić information content (AvgIpc) is 2.81. The second-order valence-electron chi connectivity index (χ2n) is 5.44. The van der Waals surface area contributed by atoms with Crippen LogP contribution in [0.4, 0.5) is 0 Å². The van der Waals surface area contributed by atoms with Crippen LogP contribution < -0.4 is 5.32 Å². The van der Waals surface area contributed by atoms with Crippen molar-refractivity contribution in [3.05, 3.63) is 11.3 Å². The summed E-state index contributed by atoms with van der Waals surface area (Å²) in [6.45, 7) is 6.95. The van der Waals surface area contributed by atoms with Crippen molar-refractivity contribution in [2.75, 3.05) is 20.2 Å². The van der Waals surface area contributed by atoms with Crippen molar-refractivity contribution in [1.82, 2.24) is 19.8 Å². The lowest BCUT2D eigenvalue weighted by molar-refractivity contribution is -0.0231. The molecule has 2 atom stereocenters. The average molecular weight is 316 g/mol. The molecule has 8 heteroatoms. The monoisotopic (exact) mass is 316 g/mol. The van der Waals surface area contributed by atoms with Crippen LogP contribution in [0.15, 0.2) is 5.03 Å². The molecule has 0 aromatic carbocycles. The Balaban J connectivity index is 2.40. The van der Waals surface area contributed by atoms with Crippen molar-refractivity contribution in [1.29, 1.82) is 0 Å². The molecule has 21 heavy (non-hydrogen) atoms. The predicted octanol–water partition coefficient (Wildman–Crippen LogP) is 0.626. The number of aryl methyl sites for hydroxylation is 1. The fourth-order valence-electron chi connectivity index (χ4n) is 2.57. The molecule has 1 saturated heterocycles. The summed E-state index contributed by atoms with van der Waals surface area (Å²) in [5.74, 6) is 0. The van der Waals surface area contributed by atoms with Crippen LogP contribution in [-0.2, 0) is 21.3 Å². The summed E-state index contributed by atoms with van der Waals surface area (Å²) >= 11 is 0. The van der Waals surface area contributed by atoms with E-state index in [4.69, 9.17) is 4.74 Å². The highest BCUT2D eigenvalue weighted by Crippen LogP contribution is 2.26. The second-order valence-corrected chi connectivity index (χ2v) is 7.25. The van der Waals surface area contributed by atoms with Crippen LogP contribution in [-0.4, -0.2) is 55.3 Å². The van der Waals surface area contributed by atoms with Gasteiger partial charge in [-0.15, -0.1) is 0 Å². The number of ether oxygens (including phenoxy) is 1. The molecule has 2 unspecified atom stereocenters. The van der Waals surface area contributed by atoms with Crippen LogP contribution >= 0.6 is 0 Å². The third kappa shape index (κ3) is 3.13. The Morgan fingerprint density at radius 2 is 2.24 bits per heavy atom. The third-order valence-electron chi connectivity index (χ3n) is 3.83. The lowest BCUT2D eigenvalue weighted by Crippen LogP contribution is -2.51. The molecule has 0 amide bonds. The fraction of sp³-hybridized carbons (Fsp3) is 0.769. The molecule has 7 nitrogen and oxygen atoms in total. The minimum Gasteiger partial charge on any atom is -0.375 e. The molecule has 0 spiro atoms. The smallest absolute Gasteiger partial charge is 0.263 e. The van der Waals surface area contributed by atoms with Gasteiger partial charge in [0.1, 0.15) is 0 Å². The highest BCUT2D eigenvalue weighted by molar-refractivity contribution is 7.89. The van der Waals surface area contributed by atoms with Crippen molar-refractivity contribution < 1.29 is 13.2 Å². The molecule has 0 radical (unpaired) electrons. The van der Waals surface area contributed by atoms with Gasteiger partial charge < -0.3 is 10.1 Å². The van der Waals surface area contributed by atoms with E-state index in [0.29, 0.717) is 25.3 Å². The first-order valence-corrected chi connectivity index (χ1v) is 8.67. The van der Waals surface area contributed by atoms with Gasteiger partial charge in [0.05, 0.1) is 12.7 Å². The molecule has 1 aliphatic rings. The SMILES string of the molecule is CCC1COC(C)CN1S(=O)(=O)c1n[nH]c(C)c1CNC. The summed E-state index contributed by atoms with van der Waals surface area (Å²) in [5.41, 5.74) is 1.48. The standard InChI is InChI=1S/C13H24N4O3S/c1-5-11-8-20-9(2)7-17(11)21(18,19)13-12(6-14-4)10(3)15-16-13/h9,11,14H,5-8H2,1-4H3,(H,15,16). The summed E-state index contributed by atoms with van der Waals surface area (Å²) in [6, 6.07) is -0.134. The number of nitrogens with zero attached hydrogens (tertiary/aromatic N) is 2. The van der Waals surface area contributed by atoms with Crippen molar-refractivity contribution in [2.24, 2.45) is 0 Å². The molecule has 0 aliphatic carbocycles. The highest BCUT2D eigenvalue weighted by Gasteiger charge is 2.38. The largest absolute Gasteiger partial charge is 0.375 e. The molecule has 1 aromatic heterocycles. The number of aromatic amines is 1. The van der Waals surface area contributed by atoms with Crippen molar-refractivity contribution in [3.8, 4) is 0 Å². The molecular formula is C13H24N4O3S. The first-order chi connectivity index (χ1) is 9.91. The molecule has 2 N–H and O–H groups in total. The van der Waals surface area contributed by atoms with Gasteiger partial charge in [-0.3, -0.25) is 5.10 Å². The van der Waals surface area contributed by atoms with E-state index in [1.807, 2.05) is 20.8 Å². The molecule has 1 aromatic rings. The highest BCUT2D eigenvalue weighted by atomic mass is 32.2. The van der Waals surface area contributed by atoms with Gasteiger partial charge in [-0.2, -0.15) is 9.40 Å². The molecule has 1 fully saturated rings. The normalized spacial score (nSPS) is 24.4. The minimum atomic E-state index is -3.62. The Hall–Kier alpha value is -0.960. The van der Waals surface area contributed by atoms with Crippen LogP contribution in [0.1, 0.15) is 31.5 Å². The molecule has 2 heterocycles. The Labute approximate surface area is 126 Å². The van der Waals surface area contributed by atoms with E-state index >= 15 is 0 Å². The Kier molecular flexibility index (Phi) is 5.03. The Morgan fingerprint density at radius 1 is 1.52 bits per heavy atom. The number of rotatable bonds is 5. The zero-order valence-electron chi connectivity index (χ0n) is 13.0. The maximum atomic E-state index is 13.0. The number of H-pyrrole nitrogens is 1. The van der Waals surface area contributed by atoms with Gasteiger partial charge in [0.2, 0.25) is 0 Å². The van der Waals surface area contributed by atoms with Gasteiger partial charge in [0.15, 0.2) is 5.03 Å². The van der Waals surface area contributed by atoms with Gasteiger partial charge in [0, 0.05) is 30.4 Å². The van der Waals surface area contributed by atoms with E-state index in [1.165, 1.54) is 4.31 Å². The molecule has 2 rings (SSSR count). The first kappa shape index (κ1) is 16.4. The molecule has 120 valence electrons. The summed E-state index contributed by atoms with van der Waals surface area (Å²) < 4.78 is 33.1. The van der Waals surface area contributed by atoms with E-state index in [2.05, 4.69) is 15.5 Å². The summed E-state index contributed by atoms with van der Waals surface area (Å²) in [7, 11) is -1.83. The zero-order chi connectivity index (χ0) is 15.6. The number of nitrogens with one attached hydrogen (secondary N) is 2. The predicted molar refractivity (Wildman–Crippen MR) is 79.5 cm³/mol. The summed E-state index contributed by atoms with van der Waals surface area (Å²) in [6.07, 6.45) is 0.617. The molecule has 0 saturated carbocycles. The minimum absolute atomic E-state index is 0.102. The number of morpholine rings is 1. The van der Waals surface area contributed by atoms with Gasteiger partial charge in [-0.05, 0) is 27.3 Å². The summed E-state index contributed by atoms with van der Waals surface area (Å²) in [5, 5.41) is 9.94. The van der Waals surface area contributed by atoms with Crippen molar-refractivity contribution >= 4 is 10.0 Å². The molecular weight excluding hydrogens is 292 g/mol. The topological polar surface area (TPSA) is 87.3 Å². The van der Waals surface area contributed by atoms with Gasteiger partial charge in [-0.1, -0.05) is 6.92 Å². The first-order valence-electron chi connectivity index (χ1n) is 7.23. The van der Waals surface area contributed by atoms with Crippen LogP contribution in [0.3, 0.4) is 0 Å². The van der Waals surface area contributed by atoms with Crippen molar-refractivity contribution in [2.45, 2.75) is 50.9 Å². The van der Waals surface area contributed by atoms with E-state index in [9.17, 15) is 8.42 Å². The Morgan fingerprint density at radius 3 is 2.86 bits per heavy atom.